The number of nitriles is 1. The average molecular weight is 401 g/mol. The number of nitrogens with zero attached hydrogens (tertiary/aromatic N) is 3. The lowest BCUT2D eigenvalue weighted by Gasteiger charge is -2.17. The summed E-state index contributed by atoms with van der Waals surface area (Å²) in [4.78, 5) is 11.9. The van der Waals surface area contributed by atoms with Crippen LogP contribution in [-0.2, 0) is 9.53 Å². The van der Waals surface area contributed by atoms with E-state index in [9.17, 15) is 4.79 Å². The molecule has 30 heavy (non-hydrogen) atoms. The van der Waals surface area contributed by atoms with Gasteiger partial charge >= 0.3 is 5.97 Å². The Morgan fingerprint density at radius 2 is 1.70 bits per heavy atom. The van der Waals surface area contributed by atoms with E-state index in [4.69, 9.17) is 14.7 Å². The second kappa shape index (κ2) is 9.36. The molecule has 0 radical (unpaired) electrons. The van der Waals surface area contributed by atoms with Crippen LogP contribution in [0.5, 0.6) is 5.75 Å². The summed E-state index contributed by atoms with van der Waals surface area (Å²) in [6, 6.07) is 16.1. The van der Waals surface area contributed by atoms with Crippen molar-refractivity contribution in [1.29, 1.82) is 5.26 Å². The van der Waals surface area contributed by atoms with Crippen LogP contribution in [0.3, 0.4) is 0 Å². The summed E-state index contributed by atoms with van der Waals surface area (Å²) in [5.74, 6) is 2.21. The van der Waals surface area contributed by atoms with E-state index in [2.05, 4.69) is 28.4 Å². The highest BCUT2D eigenvalue weighted by Gasteiger charge is 2.36. The summed E-state index contributed by atoms with van der Waals surface area (Å²) in [6.07, 6.45) is 7.14. The maximum Gasteiger partial charge on any atom is 0.309 e. The van der Waals surface area contributed by atoms with Crippen LogP contribution >= 0.6 is 0 Å². The van der Waals surface area contributed by atoms with E-state index in [1.165, 1.54) is 6.42 Å². The van der Waals surface area contributed by atoms with Crippen LogP contribution in [-0.4, -0.2) is 19.2 Å². The fraction of sp³-hybridized carbons (Fsp3) is 0.333. The molecule has 6 heteroatoms. The monoisotopic (exact) mass is 401 g/mol. The van der Waals surface area contributed by atoms with E-state index in [0.717, 1.165) is 6.42 Å². The zero-order chi connectivity index (χ0) is 20.8. The van der Waals surface area contributed by atoms with Gasteiger partial charge in [-0.3, -0.25) is 4.79 Å². The molecule has 0 N–H and O–H groups in total. The van der Waals surface area contributed by atoms with E-state index < -0.39 is 0 Å². The highest BCUT2D eigenvalue weighted by molar-refractivity contribution is 5.69. The Kier molecular flexibility index (Phi) is 6.19. The van der Waals surface area contributed by atoms with Crippen LogP contribution in [0.1, 0.15) is 24.8 Å². The van der Waals surface area contributed by atoms with Gasteiger partial charge in [-0.1, -0.05) is 12.2 Å². The zero-order valence-corrected chi connectivity index (χ0v) is 16.6. The van der Waals surface area contributed by atoms with Gasteiger partial charge in [0.25, 0.3) is 0 Å². The predicted octanol–water partition coefficient (Wildman–Crippen LogP) is 5.50. The first-order chi connectivity index (χ1) is 14.7. The fourth-order valence-electron chi connectivity index (χ4n) is 3.94. The van der Waals surface area contributed by atoms with Crippen molar-refractivity contribution >= 4 is 17.3 Å². The molecule has 6 nitrogen and oxygen atoms in total. The van der Waals surface area contributed by atoms with Gasteiger partial charge < -0.3 is 9.47 Å². The second-order valence-electron chi connectivity index (χ2n) is 7.67. The molecule has 152 valence electrons. The fourth-order valence-corrected chi connectivity index (χ4v) is 3.94. The Morgan fingerprint density at radius 3 is 2.30 bits per heavy atom. The summed E-state index contributed by atoms with van der Waals surface area (Å²) < 4.78 is 11.1. The molecule has 2 aromatic carbocycles. The largest absolute Gasteiger partial charge is 0.493 e. The highest BCUT2D eigenvalue weighted by atomic mass is 16.5. The van der Waals surface area contributed by atoms with Crippen molar-refractivity contribution in [1.82, 2.24) is 0 Å². The lowest BCUT2D eigenvalue weighted by Crippen LogP contribution is -2.18. The van der Waals surface area contributed by atoms with Crippen molar-refractivity contribution in [3.63, 3.8) is 0 Å². The lowest BCUT2D eigenvalue weighted by atomic mass is 9.95. The molecular weight excluding hydrogens is 378 g/mol. The topological polar surface area (TPSA) is 84.0 Å². The molecule has 0 aromatic heterocycles. The Balaban J connectivity index is 1.17. The minimum atomic E-state index is -0.213. The van der Waals surface area contributed by atoms with E-state index in [0.29, 0.717) is 47.0 Å². The van der Waals surface area contributed by atoms with Gasteiger partial charge in [-0.2, -0.15) is 15.5 Å². The average Bonchev–Trinajstić information content (AvgIpc) is 3.41. The molecule has 2 aliphatic carbocycles. The first-order valence-corrected chi connectivity index (χ1v) is 10.2. The molecule has 0 aliphatic heterocycles. The first-order valence-electron chi connectivity index (χ1n) is 10.2. The second-order valence-corrected chi connectivity index (χ2v) is 7.67. The molecule has 0 amide bonds. The molecule has 4 rings (SSSR count). The van der Waals surface area contributed by atoms with Crippen LogP contribution in [0.2, 0.25) is 0 Å². The minimum absolute atomic E-state index is 0.213. The van der Waals surface area contributed by atoms with Crippen LogP contribution in [0, 0.1) is 29.1 Å². The Bertz CT molecular complexity index is 974. The molecule has 1 saturated carbocycles. The number of hydrogen-bond donors (Lipinski definition) is 0. The van der Waals surface area contributed by atoms with E-state index >= 15 is 0 Å². The quantitative estimate of drug-likeness (QED) is 0.332. The lowest BCUT2D eigenvalue weighted by molar-refractivity contribution is -0.145. The number of hydrogen-bond acceptors (Lipinski definition) is 6. The summed E-state index contributed by atoms with van der Waals surface area (Å²) in [7, 11) is 0. The van der Waals surface area contributed by atoms with Gasteiger partial charge in [-0.15, -0.1) is 0 Å². The molecule has 3 atom stereocenters. The van der Waals surface area contributed by atoms with E-state index in [-0.39, 0.29) is 19.0 Å². The molecule has 0 heterocycles. The summed E-state index contributed by atoms with van der Waals surface area (Å²) in [6.45, 7) is 0.796. The molecule has 0 saturated heterocycles. The molecule has 2 aliphatic rings. The molecule has 1 fully saturated rings. The number of allylic oxidation sites excluding steroid dienone is 2. The normalized spacial score (nSPS) is 21.6. The summed E-state index contributed by atoms with van der Waals surface area (Å²) in [5.41, 5.74) is 1.95. The van der Waals surface area contributed by atoms with Gasteiger partial charge in [0.2, 0.25) is 0 Å². The molecule has 2 aromatic rings. The zero-order valence-electron chi connectivity index (χ0n) is 16.6. The van der Waals surface area contributed by atoms with Crippen LogP contribution in [0.25, 0.3) is 0 Å². The molecule has 3 unspecified atom stereocenters. The van der Waals surface area contributed by atoms with Crippen molar-refractivity contribution in [2.45, 2.75) is 19.3 Å². The van der Waals surface area contributed by atoms with Crippen LogP contribution < -0.4 is 4.74 Å². The Morgan fingerprint density at radius 1 is 1.00 bits per heavy atom. The number of ether oxygens (including phenoxy) is 2. The number of esters is 1. The third-order valence-corrected chi connectivity index (χ3v) is 5.56. The molecule has 0 spiro atoms. The van der Waals surface area contributed by atoms with E-state index in [1.807, 2.05) is 0 Å². The predicted molar refractivity (Wildman–Crippen MR) is 112 cm³/mol. The first kappa shape index (κ1) is 19.8. The Hall–Kier alpha value is -3.46. The number of fused-ring (bicyclic) bond motifs is 2. The number of benzene rings is 2. The third-order valence-electron chi connectivity index (χ3n) is 5.56. The van der Waals surface area contributed by atoms with Gasteiger partial charge in [0.1, 0.15) is 5.75 Å². The van der Waals surface area contributed by atoms with Crippen molar-refractivity contribution in [2.75, 3.05) is 13.2 Å². The summed E-state index contributed by atoms with van der Waals surface area (Å²) in [5, 5.41) is 17.1. The Labute approximate surface area is 175 Å². The van der Waals surface area contributed by atoms with E-state index in [1.54, 1.807) is 48.5 Å². The van der Waals surface area contributed by atoms with Gasteiger partial charge in [0.15, 0.2) is 0 Å². The highest BCUT2D eigenvalue weighted by Crippen LogP contribution is 2.43. The van der Waals surface area contributed by atoms with Gasteiger partial charge in [0.05, 0.1) is 42.6 Å². The number of azo groups is 1. The standard InChI is InChI=1S/C24H23N3O3/c25-15-17-2-5-21(6-3-17)26-27-22-7-9-23(10-8-22)29-12-11-24(28)30-16-20-14-18-1-4-19(20)13-18/h1-10,18-20H,11-14,16H2/b27-26+. The van der Waals surface area contributed by atoms with Crippen LogP contribution in [0.15, 0.2) is 70.9 Å². The van der Waals surface area contributed by atoms with Gasteiger partial charge in [-0.25, -0.2) is 0 Å². The molecular formula is C24H23N3O3. The molecule has 2 bridgehead atoms. The van der Waals surface area contributed by atoms with Crippen molar-refractivity contribution < 1.29 is 14.3 Å². The smallest absolute Gasteiger partial charge is 0.309 e. The maximum atomic E-state index is 11.9. The maximum absolute atomic E-state index is 11.9. The number of carbonyl (C=O) groups excluding carboxylic acids is 1. The number of rotatable bonds is 8. The van der Waals surface area contributed by atoms with Crippen LogP contribution in [0.4, 0.5) is 11.4 Å². The van der Waals surface area contributed by atoms with Crippen molar-refractivity contribution in [2.24, 2.45) is 28.0 Å². The van der Waals surface area contributed by atoms with Gasteiger partial charge in [0, 0.05) is 0 Å². The van der Waals surface area contributed by atoms with Crippen molar-refractivity contribution in [3.05, 3.63) is 66.2 Å². The van der Waals surface area contributed by atoms with Crippen molar-refractivity contribution in [3.8, 4) is 11.8 Å². The van der Waals surface area contributed by atoms with Gasteiger partial charge in [-0.05, 0) is 79.1 Å². The minimum Gasteiger partial charge on any atom is -0.493 e. The SMILES string of the molecule is N#Cc1ccc(/N=N/c2ccc(OCCC(=O)OCC3CC4C=CC3C4)cc2)cc1. The number of carbonyl (C=O) groups is 1. The summed E-state index contributed by atoms with van der Waals surface area (Å²) >= 11 is 0. The third kappa shape index (κ3) is 5.12.